The molecule has 0 bridgehead atoms. The molecule has 90 valence electrons. The van der Waals surface area contributed by atoms with Crippen LogP contribution < -0.4 is 17.2 Å². The topological polar surface area (TPSA) is 120 Å². The van der Waals surface area contributed by atoms with Gasteiger partial charge in [0.2, 0.25) is 0 Å². The predicted octanol–water partition coefficient (Wildman–Crippen LogP) is 0.0862. The lowest BCUT2D eigenvalue weighted by Gasteiger charge is -1.99. The van der Waals surface area contributed by atoms with Crippen LogP contribution >= 0.6 is 0 Å². The molecule has 1 atom stereocenters. The van der Waals surface area contributed by atoms with Crippen LogP contribution in [0, 0.1) is 0 Å². The van der Waals surface area contributed by atoms with E-state index < -0.39 is 10.8 Å². The molecule has 16 heavy (non-hydrogen) atoms. The Morgan fingerprint density at radius 2 is 2.12 bits per heavy atom. The normalized spacial score (nSPS) is 19.8. The van der Waals surface area contributed by atoms with E-state index in [0.717, 1.165) is 19.3 Å². The third-order valence-corrected chi connectivity index (χ3v) is 3.45. The van der Waals surface area contributed by atoms with Crippen LogP contribution in [0.1, 0.15) is 32.6 Å². The molecule has 0 aromatic carbocycles. The molecule has 0 fully saturated rings. The summed E-state index contributed by atoms with van der Waals surface area (Å²) >= 11 is 0. The molecule has 1 aliphatic heterocycles. The van der Waals surface area contributed by atoms with Crippen LogP contribution in [0.2, 0.25) is 0 Å². The Balaban J connectivity index is 2.67. The Morgan fingerprint density at radius 1 is 1.44 bits per heavy atom. The molecule has 0 amide bonds. The van der Waals surface area contributed by atoms with Gasteiger partial charge in [0.05, 0.1) is 0 Å². The summed E-state index contributed by atoms with van der Waals surface area (Å²) in [5.74, 6) is -0.00506. The van der Waals surface area contributed by atoms with E-state index in [4.69, 9.17) is 17.2 Å². The lowest BCUT2D eigenvalue weighted by molar-refractivity contribution is 0.691. The Labute approximate surface area is 97.1 Å². The monoisotopic (exact) mass is 243 g/mol. The lowest BCUT2D eigenvalue weighted by Crippen LogP contribution is -2.23. The van der Waals surface area contributed by atoms with E-state index >= 15 is 0 Å². The van der Waals surface area contributed by atoms with Crippen LogP contribution in [0.5, 0.6) is 0 Å². The van der Waals surface area contributed by atoms with Gasteiger partial charge in [-0.05, 0) is 12.8 Å². The Morgan fingerprint density at radius 3 is 2.69 bits per heavy atom. The van der Waals surface area contributed by atoms with Crippen molar-refractivity contribution >= 4 is 21.8 Å². The standard InChI is InChI=1S/C9H17N5OS/c1-2-3-4-5-6-13-7(10)8(16(6)15)14-9(11)12/h2-5,10H2,1H3,(H4,11,12,14). The van der Waals surface area contributed by atoms with Gasteiger partial charge in [-0.1, -0.05) is 19.8 Å². The molecule has 0 saturated carbocycles. The molecular formula is C9H17N5OS. The van der Waals surface area contributed by atoms with Crippen molar-refractivity contribution in [2.45, 2.75) is 32.6 Å². The first-order valence-electron chi connectivity index (χ1n) is 5.15. The second-order valence-electron chi connectivity index (χ2n) is 3.46. The fourth-order valence-electron chi connectivity index (χ4n) is 1.32. The Hall–Kier alpha value is -1.37. The maximum absolute atomic E-state index is 11.9. The van der Waals surface area contributed by atoms with Gasteiger partial charge in [0.25, 0.3) is 0 Å². The second kappa shape index (κ2) is 5.64. The molecule has 0 radical (unpaired) electrons. The maximum Gasteiger partial charge on any atom is 0.191 e. The van der Waals surface area contributed by atoms with E-state index in [-0.39, 0.29) is 16.8 Å². The van der Waals surface area contributed by atoms with Gasteiger partial charge in [0.1, 0.15) is 15.8 Å². The van der Waals surface area contributed by atoms with Gasteiger partial charge in [-0.15, -0.1) is 0 Å². The van der Waals surface area contributed by atoms with Crippen molar-refractivity contribution in [1.82, 2.24) is 0 Å². The molecule has 0 aromatic heterocycles. The van der Waals surface area contributed by atoms with E-state index in [1.165, 1.54) is 0 Å². The van der Waals surface area contributed by atoms with Gasteiger partial charge in [-0.25, -0.2) is 14.2 Å². The van der Waals surface area contributed by atoms with Crippen LogP contribution in [-0.4, -0.2) is 15.2 Å². The molecule has 1 rings (SSSR count). The van der Waals surface area contributed by atoms with Crippen LogP contribution in [0.4, 0.5) is 0 Å². The van der Waals surface area contributed by atoms with E-state index in [2.05, 4.69) is 16.9 Å². The highest BCUT2D eigenvalue weighted by molar-refractivity contribution is 8.04. The zero-order valence-electron chi connectivity index (χ0n) is 9.27. The predicted molar refractivity (Wildman–Crippen MR) is 66.7 cm³/mol. The molecular weight excluding hydrogens is 226 g/mol. The molecule has 0 saturated heterocycles. The van der Waals surface area contributed by atoms with Crippen LogP contribution in [0.25, 0.3) is 0 Å². The highest BCUT2D eigenvalue weighted by atomic mass is 32.2. The number of guanidine groups is 1. The van der Waals surface area contributed by atoms with Crippen LogP contribution in [-0.2, 0) is 10.8 Å². The molecule has 0 aliphatic carbocycles. The molecule has 1 unspecified atom stereocenters. The zero-order valence-corrected chi connectivity index (χ0v) is 10.1. The molecule has 6 nitrogen and oxygen atoms in total. The lowest BCUT2D eigenvalue weighted by atomic mass is 10.2. The van der Waals surface area contributed by atoms with Crippen molar-refractivity contribution in [2.75, 3.05) is 0 Å². The third-order valence-electron chi connectivity index (χ3n) is 2.08. The zero-order chi connectivity index (χ0) is 12.1. The third kappa shape index (κ3) is 3.06. The average Bonchev–Trinajstić information content (AvgIpc) is 2.46. The van der Waals surface area contributed by atoms with Crippen molar-refractivity contribution in [3.63, 3.8) is 0 Å². The van der Waals surface area contributed by atoms with Gasteiger partial charge >= 0.3 is 0 Å². The van der Waals surface area contributed by atoms with Gasteiger partial charge in [0.15, 0.2) is 16.8 Å². The van der Waals surface area contributed by atoms with E-state index in [0.29, 0.717) is 11.5 Å². The van der Waals surface area contributed by atoms with Crippen LogP contribution in [0.3, 0.4) is 0 Å². The molecule has 6 N–H and O–H groups in total. The Bertz CT molecular complexity index is 381. The number of aliphatic imine (C=N–C) groups is 2. The van der Waals surface area contributed by atoms with Gasteiger partial charge in [-0.2, -0.15) is 0 Å². The van der Waals surface area contributed by atoms with Gasteiger partial charge < -0.3 is 17.2 Å². The minimum absolute atomic E-state index is 0.151. The highest BCUT2D eigenvalue weighted by Crippen LogP contribution is 2.21. The SMILES string of the molecule is CCCCCC1=NC(N)=C(N=C(N)N)S1=O. The molecule has 1 aliphatic rings. The van der Waals surface area contributed by atoms with Gasteiger partial charge in [0, 0.05) is 0 Å². The summed E-state index contributed by atoms with van der Waals surface area (Å²) in [6.45, 7) is 2.10. The minimum Gasteiger partial charge on any atom is -0.381 e. The minimum atomic E-state index is -1.40. The first-order valence-corrected chi connectivity index (χ1v) is 6.30. The van der Waals surface area contributed by atoms with Gasteiger partial charge in [-0.3, -0.25) is 0 Å². The molecule has 1 heterocycles. The number of hydrogen-bond donors (Lipinski definition) is 3. The van der Waals surface area contributed by atoms with E-state index in [9.17, 15) is 4.21 Å². The summed E-state index contributed by atoms with van der Waals surface area (Å²) in [4.78, 5) is 7.76. The van der Waals surface area contributed by atoms with Crippen molar-refractivity contribution in [1.29, 1.82) is 0 Å². The summed E-state index contributed by atoms with van der Waals surface area (Å²) in [5.41, 5.74) is 16.0. The molecule has 7 heteroatoms. The van der Waals surface area contributed by atoms with E-state index in [1.54, 1.807) is 0 Å². The number of nitrogens with two attached hydrogens (primary N) is 3. The smallest absolute Gasteiger partial charge is 0.191 e. The summed E-state index contributed by atoms with van der Waals surface area (Å²) in [7, 11) is -1.40. The largest absolute Gasteiger partial charge is 0.381 e. The van der Waals surface area contributed by atoms with Crippen molar-refractivity contribution in [3.8, 4) is 0 Å². The van der Waals surface area contributed by atoms with Crippen molar-refractivity contribution in [3.05, 3.63) is 10.9 Å². The highest BCUT2D eigenvalue weighted by Gasteiger charge is 2.24. The van der Waals surface area contributed by atoms with E-state index in [1.807, 2.05) is 0 Å². The number of nitrogens with zero attached hydrogens (tertiary/aromatic N) is 2. The summed E-state index contributed by atoms with van der Waals surface area (Å²) in [6.07, 6.45) is 3.80. The summed E-state index contributed by atoms with van der Waals surface area (Å²) < 4.78 is 11.9. The molecule has 0 spiro atoms. The number of rotatable bonds is 5. The van der Waals surface area contributed by atoms with Crippen LogP contribution in [0.15, 0.2) is 20.8 Å². The van der Waals surface area contributed by atoms with Crippen molar-refractivity contribution < 1.29 is 4.21 Å². The maximum atomic E-state index is 11.9. The number of unbranched alkanes of at least 4 members (excludes halogenated alkanes) is 2. The fourth-order valence-corrected chi connectivity index (χ4v) is 2.48. The van der Waals surface area contributed by atoms with Crippen molar-refractivity contribution in [2.24, 2.45) is 27.2 Å². The average molecular weight is 243 g/mol. The second-order valence-corrected chi connectivity index (χ2v) is 4.85. The quantitative estimate of drug-likeness (QED) is 0.360. The fraction of sp³-hybridized carbons (Fsp3) is 0.556. The summed E-state index contributed by atoms with van der Waals surface area (Å²) in [5, 5.41) is 0.734. The Kier molecular flexibility index (Phi) is 4.48. The first-order chi connectivity index (χ1) is 7.56. The summed E-state index contributed by atoms with van der Waals surface area (Å²) in [6, 6.07) is 0. The number of hydrogen-bond acceptors (Lipinski definition) is 4. The first kappa shape index (κ1) is 12.7. The molecule has 0 aromatic rings.